The van der Waals surface area contributed by atoms with Gasteiger partial charge in [-0.25, -0.2) is 0 Å². The Balaban J connectivity index is 1.69. The van der Waals surface area contributed by atoms with Crippen LogP contribution in [0.25, 0.3) is 0 Å². The van der Waals surface area contributed by atoms with Crippen LogP contribution in [0.1, 0.15) is 54.4 Å². The van der Waals surface area contributed by atoms with Gasteiger partial charge in [0.2, 0.25) is 0 Å². The molecule has 2 aliphatic rings. The van der Waals surface area contributed by atoms with E-state index in [2.05, 4.69) is 11.9 Å². The zero-order chi connectivity index (χ0) is 20.1. The molecule has 28 heavy (non-hydrogen) atoms. The number of aromatic amines is 1. The van der Waals surface area contributed by atoms with Crippen molar-refractivity contribution < 1.29 is 19.1 Å². The summed E-state index contributed by atoms with van der Waals surface area (Å²) in [6.07, 6.45) is 5.55. The third kappa shape index (κ3) is 4.41. The van der Waals surface area contributed by atoms with Gasteiger partial charge in [0.25, 0.3) is 11.8 Å². The van der Waals surface area contributed by atoms with Gasteiger partial charge in [0.1, 0.15) is 5.69 Å². The van der Waals surface area contributed by atoms with Gasteiger partial charge in [-0.05, 0) is 50.2 Å². The van der Waals surface area contributed by atoms with Crippen molar-refractivity contribution in [2.75, 3.05) is 40.5 Å². The lowest BCUT2D eigenvalue weighted by molar-refractivity contribution is -0.144. The molecule has 0 saturated carbocycles. The normalized spacial score (nSPS) is 20.1. The van der Waals surface area contributed by atoms with E-state index in [0.717, 1.165) is 25.7 Å². The van der Waals surface area contributed by atoms with Crippen LogP contribution in [0.2, 0.25) is 0 Å². The summed E-state index contributed by atoms with van der Waals surface area (Å²) < 4.78 is 10.4. The van der Waals surface area contributed by atoms with E-state index in [4.69, 9.17) is 9.47 Å². The number of carbonyl (C=O) groups excluding carboxylic acids is 2. The minimum absolute atomic E-state index is 0.0387. The fraction of sp³-hybridized carbons (Fsp3) is 0.714. The lowest BCUT2D eigenvalue weighted by atomic mass is 9.98. The van der Waals surface area contributed by atoms with E-state index in [1.165, 1.54) is 31.2 Å². The maximum absolute atomic E-state index is 13.3. The molecule has 0 bridgehead atoms. The SMILES string of the molecule is CCCN(C(=O)c1cc2c([nH]1)CCCC2)C1CCN(C(=O)C(COC)OC)C1. The van der Waals surface area contributed by atoms with Gasteiger partial charge in [-0.1, -0.05) is 6.92 Å². The predicted molar refractivity (Wildman–Crippen MR) is 106 cm³/mol. The Morgan fingerprint density at radius 3 is 2.79 bits per heavy atom. The minimum atomic E-state index is -0.589. The summed E-state index contributed by atoms with van der Waals surface area (Å²) in [4.78, 5) is 33.0. The van der Waals surface area contributed by atoms with Gasteiger partial charge in [0.05, 0.1) is 12.6 Å². The molecule has 156 valence electrons. The Kier molecular flexibility index (Phi) is 7.13. The number of rotatable bonds is 8. The van der Waals surface area contributed by atoms with Gasteiger partial charge in [0, 0.05) is 39.5 Å². The average Bonchev–Trinajstić information content (AvgIpc) is 3.36. The van der Waals surface area contributed by atoms with Crippen LogP contribution in [0, 0.1) is 0 Å². The van der Waals surface area contributed by atoms with Crippen molar-refractivity contribution in [3.05, 3.63) is 23.0 Å². The van der Waals surface area contributed by atoms with Crippen LogP contribution in [0.15, 0.2) is 6.07 Å². The number of hydrogen-bond donors (Lipinski definition) is 1. The molecule has 1 aliphatic carbocycles. The van der Waals surface area contributed by atoms with Gasteiger partial charge < -0.3 is 24.3 Å². The number of amides is 2. The number of aryl methyl sites for hydroxylation is 2. The lowest BCUT2D eigenvalue weighted by Crippen LogP contribution is -2.45. The van der Waals surface area contributed by atoms with Crippen LogP contribution in [0.4, 0.5) is 0 Å². The molecule has 2 unspecified atom stereocenters. The molecule has 2 atom stereocenters. The van der Waals surface area contributed by atoms with E-state index in [9.17, 15) is 9.59 Å². The highest BCUT2D eigenvalue weighted by atomic mass is 16.5. The highest BCUT2D eigenvalue weighted by molar-refractivity contribution is 5.93. The van der Waals surface area contributed by atoms with E-state index >= 15 is 0 Å². The number of hydrogen-bond acceptors (Lipinski definition) is 4. The van der Waals surface area contributed by atoms with E-state index in [0.29, 0.717) is 25.3 Å². The van der Waals surface area contributed by atoms with E-state index in [-0.39, 0.29) is 24.5 Å². The molecular formula is C21H33N3O4. The van der Waals surface area contributed by atoms with Gasteiger partial charge in [-0.3, -0.25) is 9.59 Å². The summed E-state index contributed by atoms with van der Waals surface area (Å²) in [5.74, 6) is -0.0122. The van der Waals surface area contributed by atoms with Crippen LogP contribution < -0.4 is 0 Å². The number of nitrogens with one attached hydrogen (secondary N) is 1. The first kappa shape index (κ1) is 20.9. The number of aromatic nitrogens is 1. The zero-order valence-electron chi connectivity index (χ0n) is 17.3. The third-order valence-electron chi connectivity index (χ3n) is 5.86. The number of likely N-dealkylation sites (tertiary alicyclic amines) is 1. The maximum Gasteiger partial charge on any atom is 0.270 e. The van der Waals surface area contributed by atoms with Gasteiger partial charge >= 0.3 is 0 Å². The monoisotopic (exact) mass is 391 g/mol. The number of fused-ring (bicyclic) bond motifs is 1. The summed E-state index contributed by atoms with van der Waals surface area (Å²) in [5, 5.41) is 0. The molecule has 3 rings (SSSR count). The van der Waals surface area contributed by atoms with Crippen molar-refractivity contribution in [2.24, 2.45) is 0 Å². The van der Waals surface area contributed by atoms with Crippen molar-refractivity contribution in [3.8, 4) is 0 Å². The highest BCUT2D eigenvalue weighted by Crippen LogP contribution is 2.24. The maximum atomic E-state index is 13.3. The average molecular weight is 392 g/mol. The topological polar surface area (TPSA) is 74.9 Å². The smallest absolute Gasteiger partial charge is 0.270 e. The Bertz CT molecular complexity index is 664. The molecule has 1 aromatic rings. The Morgan fingerprint density at radius 2 is 2.11 bits per heavy atom. The summed E-state index contributed by atoms with van der Waals surface area (Å²) in [7, 11) is 3.08. The molecule has 1 aliphatic heterocycles. The third-order valence-corrected chi connectivity index (χ3v) is 5.86. The molecule has 1 fully saturated rings. The number of H-pyrrole nitrogens is 1. The molecule has 1 aromatic heterocycles. The highest BCUT2D eigenvalue weighted by Gasteiger charge is 2.36. The second kappa shape index (κ2) is 9.56. The quantitative estimate of drug-likeness (QED) is 0.736. The predicted octanol–water partition coefficient (Wildman–Crippen LogP) is 2.01. The van der Waals surface area contributed by atoms with Crippen LogP contribution in [-0.4, -0.2) is 79.2 Å². The Morgan fingerprint density at radius 1 is 1.32 bits per heavy atom. The Labute approximate surface area is 167 Å². The van der Waals surface area contributed by atoms with Gasteiger partial charge in [0.15, 0.2) is 6.10 Å². The second-order valence-corrected chi connectivity index (χ2v) is 7.80. The first-order chi connectivity index (χ1) is 13.6. The van der Waals surface area contributed by atoms with Gasteiger partial charge in [-0.15, -0.1) is 0 Å². The first-order valence-corrected chi connectivity index (χ1v) is 10.4. The van der Waals surface area contributed by atoms with Crippen LogP contribution in [0.5, 0.6) is 0 Å². The first-order valence-electron chi connectivity index (χ1n) is 10.4. The summed E-state index contributed by atoms with van der Waals surface area (Å²) in [6, 6.07) is 2.08. The number of nitrogens with zero attached hydrogens (tertiary/aromatic N) is 2. The molecule has 2 heterocycles. The lowest BCUT2D eigenvalue weighted by Gasteiger charge is -2.29. The van der Waals surface area contributed by atoms with Crippen LogP contribution >= 0.6 is 0 Å². The molecule has 1 saturated heterocycles. The second-order valence-electron chi connectivity index (χ2n) is 7.80. The molecular weight excluding hydrogens is 358 g/mol. The van der Waals surface area contributed by atoms with E-state index < -0.39 is 6.10 Å². The summed E-state index contributed by atoms with van der Waals surface area (Å²) in [6.45, 7) is 4.21. The minimum Gasteiger partial charge on any atom is -0.381 e. The molecule has 7 nitrogen and oxygen atoms in total. The van der Waals surface area contributed by atoms with Crippen molar-refractivity contribution in [3.63, 3.8) is 0 Å². The van der Waals surface area contributed by atoms with Crippen molar-refractivity contribution in [1.82, 2.24) is 14.8 Å². The summed E-state index contributed by atoms with van der Waals surface area (Å²) >= 11 is 0. The molecule has 7 heteroatoms. The molecule has 0 spiro atoms. The number of ether oxygens (including phenoxy) is 2. The largest absolute Gasteiger partial charge is 0.381 e. The van der Waals surface area contributed by atoms with Crippen molar-refractivity contribution >= 4 is 11.8 Å². The van der Waals surface area contributed by atoms with Crippen LogP contribution in [0.3, 0.4) is 0 Å². The summed E-state index contributed by atoms with van der Waals surface area (Å²) in [5.41, 5.74) is 3.20. The number of carbonyl (C=O) groups is 2. The van der Waals surface area contributed by atoms with E-state index in [1.807, 2.05) is 11.0 Å². The van der Waals surface area contributed by atoms with Crippen molar-refractivity contribution in [1.29, 1.82) is 0 Å². The molecule has 0 radical (unpaired) electrons. The standard InChI is InChI=1S/C21H33N3O4/c1-4-10-24(20(25)18-12-15-7-5-6-8-17(15)22-18)16-9-11-23(13-16)21(26)19(28-3)14-27-2/h12,16,19,22H,4-11,13-14H2,1-3H3. The zero-order valence-corrected chi connectivity index (χ0v) is 17.3. The van der Waals surface area contributed by atoms with Crippen LogP contribution in [-0.2, 0) is 27.1 Å². The number of methoxy groups -OCH3 is 2. The fourth-order valence-corrected chi connectivity index (χ4v) is 4.36. The fourth-order valence-electron chi connectivity index (χ4n) is 4.36. The Hall–Kier alpha value is -1.86. The van der Waals surface area contributed by atoms with Gasteiger partial charge in [-0.2, -0.15) is 0 Å². The van der Waals surface area contributed by atoms with E-state index in [1.54, 1.807) is 12.0 Å². The molecule has 0 aromatic carbocycles. The van der Waals surface area contributed by atoms with Crippen molar-refractivity contribution in [2.45, 2.75) is 57.6 Å². The molecule has 1 N–H and O–H groups in total. The molecule has 2 amide bonds.